The largest absolute Gasteiger partial charge is 0.481 e. The van der Waals surface area contributed by atoms with Crippen molar-refractivity contribution in [2.45, 2.75) is 13.0 Å². The minimum absolute atomic E-state index is 0.0818. The van der Waals surface area contributed by atoms with Crippen molar-refractivity contribution in [3.8, 4) is 5.75 Å². The molecule has 1 aromatic carbocycles. The van der Waals surface area contributed by atoms with Crippen LogP contribution in [0.5, 0.6) is 5.75 Å². The Morgan fingerprint density at radius 1 is 1.07 bits per heavy atom. The van der Waals surface area contributed by atoms with Gasteiger partial charge in [-0.3, -0.25) is 4.79 Å². The highest BCUT2D eigenvalue weighted by Crippen LogP contribution is 2.22. The first-order valence-electron chi connectivity index (χ1n) is 7.75. The fraction of sp³-hybridized carbons (Fsp3) is 0.222. The summed E-state index contributed by atoms with van der Waals surface area (Å²) in [6, 6.07) is 7.24. The molecule has 0 radical (unpaired) electrons. The predicted octanol–water partition coefficient (Wildman–Crippen LogP) is 2.71. The van der Waals surface area contributed by atoms with Crippen LogP contribution in [0.4, 0.5) is 5.69 Å². The zero-order valence-corrected chi connectivity index (χ0v) is 15.6. The van der Waals surface area contributed by atoms with Crippen molar-refractivity contribution >= 4 is 35.1 Å². The maximum absolute atomic E-state index is 12.3. The van der Waals surface area contributed by atoms with Gasteiger partial charge in [-0.1, -0.05) is 11.6 Å². The molecule has 0 bridgehead atoms. The van der Waals surface area contributed by atoms with E-state index >= 15 is 0 Å². The number of nitrogens with one attached hydrogen (secondary N) is 1. The molecular formula is C18H17ClN2O6. The Kier molecular flexibility index (Phi) is 6.73. The minimum atomic E-state index is -0.959. The number of anilines is 1. The maximum Gasteiger partial charge on any atom is 0.338 e. The van der Waals surface area contributed by atoms with Crippen molar-refractivity contribution in [1.82, 2.24) is 4.98 Å². The van der Waals surface area contributed by atoms with Gasteiger partial charge in [-0.25, -0.2) is 14.6 Å². The normalized spacial score (nSPS) is 11.3. The van der Waals surface area contributed by atoms with Crippen LogP contribution in [0.3, 0.4) is 0 Å². The van der Waals surface area contributed by atoms with Crippen LogP contribution in [0.2, 0.25) is 5.15 Å². The van der Waals surface area contributed by atoms with Gasteiger partial charge < -0.3 is 19.5 Å². The molecule has 1 N–H and O–H groups in total. The lowest BCUT2D eigenvalue weighted by Crippen LogP contribution is -2.30. The molecule has 2 aromatic rings. The molecule has 8 nitrogen and oxygen atoms in total. The second-order valence-corrected chi connectivity index (χ2v) is 5.68. The Balaban J connectivity index is 2.21. The van der Waals surface area contributed by atoms with E-state index in [0.29, 0.717) is 5.69 Å². The van der Waals surface area contributed by atoms with Crippen molar-refractivity contribution in [2.75, 3.05) is 19.5 Å². The molecule has 142 valence electrons. The summed E-state index contributed by atoms with van der Waals surface area (Å²) in [4.78, 5) is 39.8. The first-order valence-corrected chi connectivity index (χ1v) is 8.13. The number of pyridine rings is 1. The number of esters is 2. The summed E-state index contributed by atoms with van der Waals surface area (Å²) in [5, 5.41) is 2.72. The van der Waals surface area contributed by atoms with Crippen molar-refractivity contribution in [3.63, 3.8) is 0 Å². The third kappa shape index (κ3) is 5.18. The van der Waals surface area contributed by atoms with E-state index in [0.717, 1.165) is 0 Å². The van der Waals surface area contributed by atoms with E-state index in [-0.39, 0.29) is 22.0 Å². The van der Waals surface area contributed by atoms with E-state index in [2.05, 4.69) is 19.8 Å². The van der Waals surface area contributed by atoms with Crippen LogP contribution in [0.1, 0.15) is 27.6 Å². The van der Waals surface area contributed by atoms with Crippen LogP contribution < -0.4 is 10.1 Å². The number of hydrogen-bond acceptors (Lipinski definition) is 7. The summed E-state index contributed by atoms with van der Waals surface area (Å²) in [6.07, 6.45) is 0.532. The second-order valence-electron chi connectivity index (χ2n) is 5.32. The SMILES string of the molecule is COC(=O)c1cc(O[C@H](C)C(=O)Nc2cccnc2Cl)cc(C(=O)OC)c1. The number of halogens is 1. The number of hydrogen-bond donors (Lipinski definition) is 1. The van der Waals surface area contributed by atoms with Crippen molar-refractivity contribution < 1.29 is 28.6 Å². The second kappa shape index (κ2) is 9.00. The molecule has 1 heterocycles. The Bertz CT molecular complexity index is 836. The van der Waals surface area contributed by atoms with Crippen LogP contribution in [-0.2, 0) is 14.3 Å². The van der Waals surface area contributed by atoms with Gasteiger partial charge in [-0.2, -0.15) is 0 Å². The monoisotopic (exact) mass is 392 g/mol. The van der Waals surface area contributed by atoms with Crippen LogP contribution in [0.15, 0.2) is 36.5 Å². The third-order valence-corrected chi connectivity index (χ3v) is 3.75. The molecular weight excluding hydrogens is 376 g/mol. The van der Waals surface area contributed by atoms with Crippen LogP contribution in [0, 0.1) is 0 Å². The molecule has 0 spiro atoms. The number of amides is 1. The molecule has 0 aliphatic heterocycles. The van der Waals surface area contributed by atoms with Crippen LogP contribution in [0.25, 0.3) is 0 Å². The van der Waals surface area contributed by atoms with Crippen LogP contribution >= 0.6 is 11.6 Å². The number of rotatable bonds is 6. The Morgan fingerprint density at radius 3 is 2.19 bits per heavy atom. The highest BCUT2D eigenvalue weighted by molar-refractivity contribution is 6.32. The molecule has 1 aromatic heterocycles. The molecule has 9 heteroatoms. The Labute approximate surface area is 160 Å². The van der Waals surface area contributed by atoms with E-state index in [1.165, 1.54) is 45.5 Å². The smallest absolute Gasteiger partial charge is 0.338 e. The van der Waals surface area contributed by atoms with Gasteiger partial charge in [0.15, 0.2) is 11.3 Å². The first-order chi connectivity index (χ1) is 12.8. The standard InChI is InChI=1S/C18H17ClN2O6/c1-10(16(22)21-14-5-4-6-20-15(14)19)27-13-8-11(17(23)25-2)7-12(9-13)18(24)26-3/h4-10H,1-3H3,(H,21,22)/t10-/m1/s1. The highest BCUT2D eigenvalue weighted by Gasteiger charge is 2.19. The fourth-order valence-corrected chi connectivity index (χ4v) is 2.28. The average Bonchev–Trinajstić information content (AvgIpc) is 2.67. The van der Waals surface area contributed by atoms with Crippen molar-refractivity contribution in [1.29, 1.82) is 0 Å². The average molecular weight is 393 g/mol. The molecule has 27 heavy (non-hydrogen) atoms. The number of aromatic nitrogens is 1. The van der Waals surface area contributed by atoms with Crippen LogP contribution in [-0.4, -0.2) is 43.2 Å². The lowest BCUT2D eigenvalue weighted by Gasteiger charge is -2.16. The van der Waals surface area contributed by atoms with E-state index < -0.39 is 23.9 Å². The van der Waals surface area contributed by atoms with Gasteiger partial charge in [0.25, 0.3) is 5.91 Å². The van der Waals surface area contributed by atoms with Gasteiger partial charge in [0.05, 0.1) is 31.0 Å². The number of nitrogens with zero attached hydrogens (tertiary/aromatic N) is 1. The van der Waals surface area contributed by atoms with E-state index in [9.17, 15) is 14.4 Å². The van der Waals surface area contributed by atoms with E-state index in [1.54, 1.807) is 12.1 Å². The zero-order chi connectivity index (χ0) is 20.0. The van der Waals surface area contributed by atoms with Crippen molar-refractivity contribution in [3.05, 3.63) is 52.8 Å². The summed E-state index contributed by atoms with van der Waals surface area (Å²) in [6.45, 7) is 1.50. The molecule has 1 amide bonds. The fourth-order valence-electron chi connectivity index (χ4n) is 2.11. The Morgan fingerprint density at radius 2 is 1.67 bits per heavy atom. The summed E-state index contributed by atoms with van der Waals surface area (Å²) in [7, 11) is 2.42. The minimum Gasteiger partial charge on any atom is -0.481 e. The zero-order valence-electron chi connectivity index (χ0n) is 14.8. The maximum atomic E-state index is 12.3. The van der Waals surface area contributed by atoms with E-state index in [1.807, 2.05) is 0 Å². The summed E-state index contributed by atoms with van der Waals surface area (Å²) in [5.41, 5.74) is 0.495. The van der Waals surface area contributed by atoms with Gasteiger partial charge in [0, 0.05) is 6.20 Å². The predicted molar refractivity (Wildman–Crippen MR) is 97.1 cm³/mol. The number of benzene rings is 1. The third-order valence-electron chi connectivity index (χ3n) is 3.45. The number of methoxy groups -OCH3 is 2. The molecule has 0 saturated carbocycles. The van der Waals surface area contributed by atoms with Gasteiger partial charge in [0.2, 0.25) is 0 Å². The number of carbonyl (C=O) groups excluding carboxylic acids is 3. The van der Waals surface area contributed by atoms with Gasteiger partial charge in [-0.05, 0) is 37.3 Å². The summed E-state index contributed by atoms with van der Waals surface area (Å²) < 4.78 is 14.9. The first kappa shape index (κ1) is 20.2. The van der Waals surface area contributed by atoms with Crippen molar-refractivity contribution in [2.24, 2.45) is 0 Å². The topological polar surface area (TPSA) is 104 Å². The molecule has 1 atom stereocenters. The quantitative estimate of drug-likeness (QED) is 0.595. The van der Waals surface area contributed by atoms with E-state index in [4.69, 9.17) is 16.3 Å². The molecule has 0 unspecified atom stereocenters. The highest BCUT2D eigenvalue weighted by atomic mass is 35.5. The lowest BCUT2D eigenvalue weighted by molar-refractivity contribution is -0.122. The lowest BCUT2D eigenvalue weighted by atomic mass is 10.1. The molecule has 0 aliphatic rings. The van der Waals surface area contributed by atoms with Gasteiger partial charge >= 0.3 is 11.9 Å². The molecule has 0 fully saturated rings. The molecule has 2 rings (SSSR count). The molecule has 0 saturated heterocycles. The number of ether oxygens (including phenoxy) is 3. The number of carbonyl (C=O) groups is 3. The summed E-state index contributed by atoms with van der Waals surface area (Å²) in [5.74, 6) is -1.69. The molecule has 0 aliphatic carbocycles. The van der Waals surface area contributed by atoms with Gasteiger partial charge in [0.1, 0.15) is 5.75 Å². The Hall–Kier alpha value is -3.13. The van der Waals surface area contributed by atoms with Gasteiger partial charge in [-0.15, -0.1) is 0 Å². The summed E-state index contributed by atoms with van der Waals surface area (Å²) >= 11 is 5.91.